The Bertz CT molecular complexity index is 356. The molecule has 92 valence electrons. The first kappa shape index (κ1) is 13.4. The summed E-state index contributed by atoms with van der Waals surface area (Å²) in [5.41, 5.74) is 0. The predicted molar refractivity (Wildman–Crippen MR) is 67.1 cm³/mol. The van der Waals surface area contributed by atoms with Crippen molar-refractivity contribution in [3.63, 3.8) is 0 Å². The largest absolute Gasteiger partial charge is 0.380 e. The molecule has 1 rings (SSSR count). The second kappa shape index (κ2) is 6.81. The van der Waals surface area contributed by atoms with Crippen molar-refractivity contribution in [2.75, 3.05) is 13.2 Å². The Morgan fingerprint density at radius 2 is 2.25 bits per heavy atom. The molecule has 1 N–H and O–H groups in total. The maximum atomic E-state index is 5.33. The molecule has 5 heteroatoms. The molecule has 0 spiro atoms. The first-order chi connectivity index (χ1) is 7.65. The summed E-state index contributed by atoms with van der Waals surface area (Å²) in [6.45, 7) is 8.65. The fraction of sp³-hybridized carbons (Fsp3) is 0.818. The molecule has 16 heavy (non-hydrogen) atoms. The Hall–Kier alpha value is -0.680. The molecule has 4 nitrogen and oxygen atoms in total. The second-order valence-corrected chi connectivity index (χ2v) is 4.61. The molecule has 0 radical (unpaired) electrons. The van der Waals surface area contributed by atoms with Crippen LogP contribution in [0.4, 0.5) is 0 Å². The van der Waals surface area contributed by atoms with E-state index in [1.807, 2.05) is 11.5 Å². The van der Waals surface area contributed by atoms with Crippen molar-refractivity contribution < 1.29 is 4.74 Å². The van der Waals surface area contributed by atoms with Crippen molar-refractivity contribution in [2.45, 2.75) is 40.2 Å². The maximum Gasteiger partial charge on any atom is 0.195 e. The van der Waals surface area contributed by atoms with Gasteiger partial charge in [0, 0.05) is 19.6 Å². The van der Waals surface area contributed by atoms with Gasteiger partial charge in [0.2, 0.25) is 0 Å². The van der Waals surface area contributed by atoms with E-state index in [4.69, 9.17) is 17.0 Å². The van der Waals surface area contributed by atoms with E-state index in [1.54, 1.807) is 0 Å². The van der Waals surface area contributed by atoms with E-state index in [2.05, 4.69) is 24.0 Å². The Balaban J connectivity index is 2.59. The van der Waals surface area contributed by atoms with Gasteiger partial charge < -0.3 is 9.30 Å². The zero-order chi connectivity index (χ0) is 12.0. The Morgan fingerprint density at radius 3 is 2.88 bits per heavy atom. The highest BCUT2D eigenvalue weighted by atomic mass is 32.1. The van der Waals surface area contributed by atoms with E-state index in [0.717, 1.165) is 31.8 Å². The monoisotopic (exact) mass is 243 g/mol. The van der Waals surface area contributed by atoms with E-state index in [9.17, 15) is 0 Å². The molecule has 0 amide bonds. The van der Waals surface area contributed by atoms with Crippen LogP contribution in [-0.4, -0.2) is 28.0 Å². The molecule has 0 fully saturated rings. The first-order valence-electron chi connectivity index (χ1n) is 5.87. The van der Waals surface area contributed by atoms with Crippen molar-refractivity contribution in [2.24, 2.45) is 5.92 Å². The Kier molecular flexibility index (Phi) is 5.69. The van der Waals surface area contributed by atoms with Crippen molar-refractivity contribution in [1.29, 1.82) is 0 Å². The molecule has 0 aliphatic carbocycles. The van der Waals surface area contributed by atoms with Gasteiger partial charge in [0.1, 0.15) is 5.82 Å². The summed E-state index contributed by atoms with van der Waals surface area (Å²) in [5, 5.41) is 7.10. The number of H-pyrrole nitrogens is 1. The third-order valence-corrected chi connectivity index (χ3v) is 2.76. The fourth-order valence-corrected chi connectivity index (χ4v) is 1.73. The standard InChI is InChI=1S/C11H21N3OS/c1-4-15-8-7-14-10(6-5-9(2)3)12-13-11(14)16/h9H,4-8H2,1-3H3,(H,13,16). The summed E-state index contributed by atoms with van der Waals surface area (Å²) in [6, 6.07) is 0. The Labute approximate surface area is 102 Å². The van der Waals surface area contributed by atoms with E-state index in [0.29, 0.717) is 17.3 Å². The molecule has 0 saturated heterocycles. The number of hydrogen-bond acceptors (Lipinski definition) is 3. The van der Waals surface area contributed by atoms with Gasteiger partial charge >= 0.3 is 0 Å². The van der Waals surface area contributed by atoms with Gasteiger partial charge in [-0.05, 0) is 31.5 Å². The molecule has 1 aromatic heterocycles. The van der Waals surface area contributed by atoms with Crippen molar-refractivity contribution in [1.82, 2.24) is 14.8 Å². The van der Waals surface area contributed by atoms with Crippen LogP contribution < -0.4 is 0 Å². The van der Waals surface area contributed by atoms with Crippen LogP contribution in [0, 0.1) is 10.7 Å². The molecular weight excluding hydrogens is 222 g/mol. The predicted octanol–water partition coefficient (Wildman–Crippen LogP) is 2.57. The summed E-state index contributed by atoms with van der Waals surface area (Å²) in [5.74, 6) is 1.73. The minimum Gasteiger partial charge on any atom is -0.380 e. The van der Waals surface area contributed by atoms with E-state index in [-0.39, 0.29) is 0 Å². The number of aromatic amines is 1. The summed E-state index contributed by atoms with van der Waals surface area (Å²) in [7, 11) is 0. The van der Waals surface area contributed by atoms with E-state index < -0.39 is 0 Å². The van der Waals surface area contributed by atoms with Crippen molar-refractivity contribution in [3.8, 4) is 0 Å². The lowest BCUT2D eigenvalue weighted by Gasteiger charge is -2.07. The summed E-state index contributed by atoms with van der Waals surface area (Å²) in [4.78, 5) is 0. The molecule has 1 heterocycles. The minimum atomic E-state index is 0.686. The SMILES string of the molecule is CCOCCn1c(CCC(C)C)n[nH]c1=S. The topological polar surface area (TPSA) is 42.8 Å². The fourth-order valence-electron chi connectivity index (χ4n) is 1.49. The number of ether oxygens (including phenoxy) is 1. The zero-order valence-corrected chi connectivity index (χ0v) is 11.1. The summed E-state index contributed by atoms with van der Waals surface area (Å²) >= 11 is 5.19. The van der Waals surface area contributed by atoms with Crippen LogP contribution in [0.2, 0.25) is 0 Å². The average Bonchev–Trinajstić information content (AvgIpc) is 2.58. The quantitative estimate of drug-likeness (QED) is 0.591. The van der Waals surface area contributed by atoms with Crippen LogP contribution in [0.15, 0.2) is 0 Å². The molecule has 0 unspecified atom stereocenters. The lowest BCUT2D eigenvalue weighted by molar-refractivity contribution is 0.138. The van der Waals surface area contributed by atoms with Crippen LogP contribution in [0.25, 0.3) is 0 Å². The van der Waals surface area contributed by atoms with Crippen LogP contribution in [0.1, 0.15) is 33.0 Å². The number of aryl methyl sites for hydroxylation is 1. The smallest absolute Gasteiger partial charge is 0.195 e. The normalized spacial score (nSPS) is 11.2. The second-order valence-electron chi connectivity index (χ2n) is 4.23. The van der Waals surface area contributed by atoms with Gasteiger partial charge in [0.05, 0.1) is 6.61 Å². The van der Waals surface area contributed by atoms with Gasteiger partial charge in [0.25, 0.3) is 0 Å². The number of nitrogens with one attached hydrogen (secondary N) is 1. The third-order valence-electron chi connectivity index (χ3n) is 2.45. The van der Waals surface area contributed by atoms with Crippen LogP contribution in [0.3, 0.4) is 0 Å². The summed E-state index contributed by atoms with van der Waals surface area (Å²) in [6.07, 6.45) is 2.10. The van der Waals surface area contributed by atoms with Gasteiger partial charge in [-0.3, -0.25) is 5.10 Å². The lowest BCUT2D eigenvalue weighted by Crippen LogP contribution is -2.10. The minimum absolute atomic E-state index is 0.686. The van der Waals surface area contributed by atoms with E-state index in [1.165, 1.54) is 0 Å². The Morgan fingerprint density at radius 1 is 1.50 bits per heavy atom. The van der Waals surface area contributed by atoms with Gasteiger partial charge in [-0.2, -0.15) is 5.10 Å². The molecule has 0 saturated carbocycles. The van der Waals surface area contributed by atoms with Crippen LogP contribution in [-0.2, 0) is 17.7 Å². The average molecular weight is 243 g/mol. The highest BCUT2D eigenvalue weighted by Crippen LogP contribution is 2.07. The zero-order valence-electron chi connectivity index (χ0n) is 10.3. The third kappa shape index (κ3) is 4.06. The highest BCUT2D eigenvalue weighted by Gasteiger charge is 2.06. The van der Waals surface area contributed by atoms with Crippen molar-refractivity contribution in [3.05, 3.63) is 10.6 Å². The molecular formula is C11H21N3OS. The lowest BCUT2D eigenvalue weighted by atomic mass is 10.1. The molecule has 1 aromatic rings. The molecule has 0 aliphatic heterocycles. The summed E-state index contributed by atoms with van der Waals surface area (Å²) < 4.78 is 8.06. The van der Waals surface area contributed by atoms with Crippen molar-refractivity contribution >= 4 is 12.2 Å². The highest BCUT2D eigenvalue weighted by molar-refractivity contribution is 7.71. The maximum absolute atomic E-state index is 5.33. The van der Waals surface area contributed by atoms with Crippen LogP contribution >= 0.6 is 12.2 Å². The molecule has 0 bridgehead atoms. The number of aromatic nitrogens is 3. The molecule has 0 atom stereocenters. The van der Waals surface area contributed by atoms with Gasteiger partial charge in [-0.1, -0.05) is 13.8 Å². The van der Waals surface area contributed by atoms with Crippen LogP contribution in [0.5, 0.6) is 0 Å². The number of rotatable bonds is 7. The number of nitrogens with zero attached hydrogens (tertiary/aromatic N) is 2. The molecule has 0 aliphatic rings. The molecule has 0 aromatic carbocycles. The van der Waals surface area contributed by atoms with Gasteiger partial charge in [0.15, 0.2) is 4.77 Å². The number of hydrogen-bond donors (Lipinski definition) is 1. The van der Waals surface area contributed by atoms with Gasteiger partial charge in [-0.15, -0.1) is 0 Å². The van der Waals surface area contributed by atoms with Gasteiger partial charge in [-0.25, -0.2) is 0 Å². The first-order valence-corrected chi connectivity index (χ1v) is 6.27. The van der Waals surface area contributed by atoms with E-state index >= 15 is 0 Å².